The topological polar surface area (TPSA) is 37.3 Å². The van der Waals surface area contributed by atoms with Crippen molar-refractivity contribution in [1.82, 2.24) is 0 Å². The minimum absolute atomic E-state index is 0.0786. The summed E-state index contributed by atoms with van der Waals surface area (Å²) in [7, 11) is 0. The molecule has 0 heterocycles. The largest absolute Gasteiger partial charge is 0.390 e. The molecule has 20 heavy (non-hydrogen) atoms. The highest BCUT2D eigenvalue weighted by Gasteiger charge is 2.67. The lowest BCUT2D eigenvalue weighted by Crippen LogP contribution is -2.70. The summed E-state index contributed by atoms with van der Waals surface area (Å²) < 4.78 is 0. The van der Waals surface area contributed by atoms with Gasteiger partial charge in [-0.3, -0.25) is 4.79 Å². The smallest absolute Gasteiger partial charge is 0.158 e. The molecule has 0 radical (unpaired) electrons. The summed E-state index contributed by atoms with van der Waals surface area (Å²) >= 11 is 0. The highest BCUT2D eigenvalue weighted by Crippen LogP contribution is 2.55. The maximum Gasteiger partial charge on any atom is 0.158 e. The average molecular weight is 266 g/mol. The van der Waals surface area contributed by atoms with Gasteiger partial charge >= 0.3 is 0 Å². The molecule has 2 aromatic rings. The Balaban J connectivity index is 2.24. The normalized spacial score (nSPS) is 23.1. The van der Waals surface area contributed by atoms with E-state index in [4.69, 9.17) is 0 Å². The lowest BCUT2D eigenvalue weighted by Gasteiger charge is -2.56. The third-order valence-corrected chi connectivity index (χ3v) is 4.50. The molecule has 1 fully saturated rings. The van der Waals surface area contributed by atoms with Crippen LogP contribution in [0.15, 0.2) is 60.7 Å². The molecule has 2 aromatic carbocycles. The van der Waals surface area contributed by atoms with Crippen LogP contribution in [0.5, 0.6) is 0 Å². The molecule has 0 saturated heterocycles. The fourth-order valence-electron chi connectivity index (χ4n) is 3.37. The zero-order valence-corrected chi connectivity index (χ0v) is 11.7. The molecule has 1 N–H and O–H groups in total. The van der Waals surface area contributed by atoms with Crippen molar-refractivity contribution in [2.45, 2.75) is 25.4 Å². The van der Waals surface area contributed by atoms with Crippen LogP contribution >= 0.6 is 0 Å². The van der Waals surface area contributed by atoms with Crippen LogP contribution in [-0.4, -0.2) is 17.0 Å². The number of carbonyl (C=O) groups is 1. The Labute approximate surface area is 119 Å². The van der Waals surface area contributed by atoms with Gasteiger partial charge < -0.3 is 5.11 Å². The van der Waals surface area contributed by atoms with Gasteiger partial charge in [0.05, 0.1) is 11.5 Å². The zero-order valence-electron chi connectivity index (χ0n) is 11.7. The van der Waals surface area contributed by atoms with Crippen molar-refractivity contribution >= 4 is 5.78 Å². The monoisotopic (exact) mass is 266 g/mol. The van der Waals surface area contributed by atoms with Gasteiger partial charge in [-0.25, -0.2) is 0 Å². The zero-order chi connectivity index (χ0) is 14.4. The molecule has 3 rings (SSSR count). The average Bonchev–Trinajstić information content (AvgIpc) is 2.50. The number of carbonyl (C=O) groups excluding carboxylic acids is 1. The van der Waals surface area contributed by atoms with Gasteiger partial charge in [-0.05, 0) is 11.1 Å². The first-order valence-corrected chi connectivity index (χ1v) is 6.86. The number of ketones is 1. The molecule has 0 aromatic heterocycles. The van der Waals surface area contributed by atoms with Gasteiger partial charge in [0.25, 0.3) is 0 Å². The first-order chi connectivity index (χ1) is 9.52. The summed E-state index contributed by atoms with van der Waals surface area (Å²) in [4.78, 5) is 12.9. The number of Topliss-reactive ketones (excluding diaryl/α,β-unsaturated/α-hetero) is 1. The minimum atomic E-state index is -0.925. The van der Waals surface area contributed by atoms with E-state index in [9.17, 15) is 9.90 Å². The molecular formula is C18H18O2. The van der Waals surface area contributed by atoms with Crippen molar-refractivity contribution in [3.8, 4) is 0 Å². The van der Waals surface area contributed by atoms with E-state index in [1.807, 2.05) is 74.5 Å². The molecule has 102 valence electrons. The molecule has 2 heteroatoms. The van der Waals surface area contributed by atoms with Crippen LogP contribution in [0.2, 0.25) is 0 Å². The fourth-order valence-corrected chi connectivity index (χ4v) is 3.37. The predicted molar refractivity (Wildman–Crippen MR) is 78.5 cm³/mol. The third-order valence-electron chi connectivity index (χ3n) is 4.50. The Morgan fingerprint density at radius 1 is 0.850 bits per heavy atom. The quantitative estimate of drug-likeness (QED) is 0.907. The third kappa shape index (κ3) is 1.46. The van der Waals surface area contributed by atoms with Crippen LogP contribution in [0.25, 0.3) is 0 Å². The van der Waals surface area contributed by atoms with E-state index in [1.165, 1.54) is 0 Å². The molecule has 0 spiro atoms. The molecule has 2 nitrogen and oxygen atoms in total. The van der Waals surface area contributed by atoms with E-state index in [-0.39, 0.29) is 5.78 Å². The minimum Gasteiger partial charge on any atom is -0.390 e. The molecule has 0 aliphatic heterocycles. The Bertz CT molecular complexity index is 589. The Morgan fingerprint density at radius 3 is 1.60 bits per heavy atom. The highest BCUT2D eigenvalue weighted by molar-refractivity contribution is 6.05. The van der Waals surface area contributed by atoms with Crippen LogP contribution in [0.1, 0.15) is 25.0 Å². The van der Waals surface area contributed by atoms with Crippen LogP contribution in [0.4, 0.5) is 0 Å². The molecule has 1 atom stereocenters. The van der Waals surface area contributed by atoms with E-state index in [0.29, 0.717) is 0 Å². The fraction of sp³-hybridized carbons (Fsp3) is 0.278. The van der Waals surface area contributed by atoms with Crippen molar-refractivity contribution < 1.29 is 9.90 Å². The van der Waals surface area contributed by atoms with Gasteiger partial charge in [-0.1, -0.05) is 74.5 Å². The number of benzene rings is 2. The molecule has 0 bridgehead atoms. The molecular weight excluding hydrogens is 248 g/mol. The van der Waals surface area contributed by atoms with E-state index in [0.717, 1.165) is 11.1 Å². The first-order valence-electron chi connectivity index (χ1n) is 6.86. The van der Waals surface area contributed by atoms with Gasteiger partial charge in [0.2, 0.25) is 0 Å². The van der Waals surface area contributed by atoms with Crippen molar-refractivity contribution in [2.24, 2.45) is 5.41 Å². The van der Waals surface area contributed by atoms with Crippen molar-refractivity contribution in [3.05, 3.63) is 71.8 Å². The number of hydrogen-bond acceptors (Lipinski definition) is 2. The van der Waals surface area contributed by atoms with Crippen LogP contribution in [0, 0.1) is 5.41 Å². The molecule has 1 aliphatic rings. The second kappa shape index (κ2) is 4.29. The SMILES string of the molecule is CC1(C)C(=O)C(c2ccccc2)(c2ccccc2)C1O. The maximum atomic E-state index is 12.9. The van der Waals surface area contributed by atoms with Gasteiger partial charge in [-0.2, -0.15) is 0 Å². The molecule has 1 aliphatic carbocycles. The van der Waals surface area contributed by atoms with E-state index in [1.54, 1.807) is 0 Å². The number of aliphatic hydroxyl groups excluding tert-OH is 1. The Kier molecular flexibility index (Phi) is 2.80. The summed E-state index contributed by atoms with van der Waals surface area (Å²) in [6.07, 6.45) is -0.715. The molecule has 0 amide bonds. The highest BCUT2D eigenvalue weighted by atomic mass is 16.3. The number of rotatable bonds is 2. The second-order valence-corrected chi connectivity index (χ2v) is 5.99. The summed E-state index contributed by atoms with van der Waals surface area (Å²) in [5.74, 6) is 0.0786. The first kappa shape index (κ1) is 13.1. The standard InChI is InChI=1S/C18H18O2/c1-17(2)15(19)18(16(17)20,13-9-5-3-6-10-13)14-11-7-4-8-12-14/h3-12,15,19H,1-2H3. The Morgan fingerprint density at radius 2 is 1.25 bits per heavy atom. The van der Waals surface area contributed by atoms with Crippen molar-refractivity contribution in [2.75, 3.05) is 0 Å². The van der Waals surface area contributed by atoms with Crippen molar-refractivity contribution in [3.63, 3.8) is 0 Å². The van der Waals surface area contributed by atoms with E-state index in [2.05, 4.69) is 0 Å². The van der Waals surface area contributed by atoms with Gasteiger partial charge in [0.1, 0.15) is 5.41 Å². The van der Waals surface area contributed by atoms with Crippen LogP contribution in [-0.2, 0) is 10.2 Å². The molecule has 1 unspecified atom stereocenters. The van der Waals surface area contributed by atoms with E-state index >= 15 is 0 Å². The summed E-state index contributed by atoms with van der Waals surface area (Å²) in [5, 5.41) is 10.7. The number of hydrogen-bond donors (Lipinski definition) is 1. The lowest BCUT2D eigenvalue weighted by atomic mass is 9.46. The Hall–Kier alpha value is -1.93. The van der Waals surface area contributed by atoms with Crippen molar-refractivity contribution in [1.29, 1.82) is 0 Å². The maximum absolute atomic E-state index is 12.9. The van der Waals surface area contributed by atoms with Gasteiger partial charge in [0, 0.05) is 0 Å². The summed E-state index contributed by atoms with van der Waals surface area (Å²) in [6.45, 7) is 3.62. The summed E-state index contributed by atoms with van der Waals surface area (Å²) in [6, 6.07) is 19.2. The summed E-state index contributed by atoms with van der Waals surface area (Å²) in [5.41, 5.74) is 0.101. The van der Waals surface area contributed by atoms with Gasteiger partial charge in [0.15, 0.2) is 5.78 Å². The molecule has 1 saturated carbocycles. The van der Waals surface area contributed by atoms with Crippen LogP contribution < -0.4 is 0 Å². The predicted octanol–water partition coefficient (Wildman–Crippen LogP) is 2.94. The van der Waals surface area contributed by atoms with E-state index < -0.39 is 16.9 Å². The van der Waals surface area contributed by atoms with Crippen LogP contribution in [0.3, 0.4) is 0 Å². The second-order valence-electron chi connectivity index (χ2n) is 5.99. The lowest BCUT2D eigenvalue weighted by molar-refractivity contribution is -0.166. The van der Waals surface area contributed by atoms with Gasteiger partial charge in [-0.15, -0.1) is 0 Å². The number of aliphatic hydroxyl groups is 1.